The Labute approximate surface area is 118 Å². The average molecular weight is 272 g/mol. The van der Waals surface area contributed by atoms with E-state index in [9.17, 15) is 4.79 Å². The molecule has 0 saturated carbocycles. The van der Waals surface area contributed by atoms with Crippen LogP contribution in [0.2, 0.25) is 0 Å². The molecule has 0 amide bonds. The maximum Gasteiger partial charge on any atom is 0.338 e. The molecule has 1 saturated heterocycles. The van der Waals surface area contributed by atoms with Gasteiger partial charge in [-0.1, -0.05) is 13.0 Å². The molecule has 0 radical (unpaired) electrons. The van der Waals surface area contributed by atoms with E-state index in [-0.39, 0.29) is 5.63 Å². The van der Waals surface area contributed by atoms with Crippen molar-refractivity contribution < 1.29 is 4.42 Å². The van der Waals surface area contributed by atoms with Crippen molar-refractivity contribution >= 4 is 16.7 Å². The molecule has 2 heterocycles. The molecule has 2 N–H and O–H groups in total. The molecule has 4 heteroatoms. The van der Waals surface area contributed by atoms with Crippen molar-refractivity contribution in [2.75, 3.05) is 18.4 Å². The Morgan fingerprint density at radius 2 is 2.10 bits per heavy atom. The first kappa shape index (κ1) is 13.2. The van der Waals surface area contributed by atoms with Crippen LogP contribution in [-0.4, -0.2) is 19.1 Å². The molecule has 1 aliphatic rings. The van der Waals surface area contributed by atoms with E-state index in [1.807, 2.05) is 12.1 Å². The van der Waals surface area contributed by atoms with Crippen molar-refractivity contribution in [3.8, 4) is 0 Å². The van der Waals surface area contributed by atoms with Crippen LogP contribution in [0.15, 0.2) is 33.5 Å². The normalized spacial score (nSPS) is 16.4. The predicted molar refractivity (Wildman–Crippen MR) is 81.4 cm³/mol. The Hall–Kier alpha value is -1.81. The average Bonchev–Trinajstić information content (AvgIpc) is 2.48. The monoisotopic (exact) mass is 272 g/mol. The summed E-state index contributed by atoms with van der Waals surface area (Å²) in [6.45, 7) is 4.18. The maximum absolute atomic E-state index is 11.7. The zero-order chi connectivity index (χ0) is 13.9. The fourth-order valence-electron chi connectivity index (χ4n) is 2.74. The molecule has 0 bridgehead atoms. The van der Waals surface area contributed by atoms with E-state index in [1.54, 1.807) is 6.07 Å². The number of nitrogens with one attached hydrogen (secondary N) is 2. The maximum atomic E-state index is 11.7. The van der Waals surface area contributed by atoms with Gasteiger partial charge in [-0.25, -0.2) is 4.79 Å². The summed E-state index contributed by atoms with van der Waals surface area (Å²) in [6, 6.07) is 8.01. The number of aryl methyl sites for hydroxylation is 1. The van der Waals surface area contributed by atoms with Crippen LogP contribution in [0.5, 0.6) is 0 Å². The highest BCUT2D eigenvalue weighted by atomic mass is 16.4. The zero-order valence-electron chi connectivity index (χ0n) is 11.7. The molecule has 0 aliphatic carbocycles. The first-order chi connectivity index (χ1) is 9.76. The third-order valence-electron chi connectivity index (χ3n) is 3.91. The summed E-state index contributed by atoms with van der Waals surface area (Å²) in [7, 11) is 0. The van der Waals surface area contributed by atoms with Crippen molar-refractivity contribution in [3.63, 3.8) is 0 Å². The molecular weight excluding hydrogens is 252 g/mol. The Kier molecular flexibility index (Phi) is 3.74. The van der Waals surface area contributed by atoms with Gasteiger partial charge in [-0.3, -0.25) is 0 Å². The number of benzene rings is 1. The van der Waals surface area contributed by atoms with Gasteiger partial charge in [-0.2, -0.15) is 0 Å². The van der Waals surface area contributed by atoms with Gasteiger partial charge in [0, 0.05) is 17.5 Å². The smallest absolute Gasteiger partial charge is 0.338 e. The van der Waals surface area contributed by atoms with Crippen LogP contribution in [0.25, 0.3) is 11.0 Å². The molecule has 4 nitrogen and oxygen atoms in total. The van der Waals surface area contributed by atoms with Gasteiger partial charge in [-0.15, -0.1) is 0 Å². The van der Waals surface area contributed by atoms with Crippen molar-refractivity contribution in [2.24, 2.45) is 0 Å². The Bertz CT molecular complexity index is 657. The lowest BCUT2D eigenvalue weighted by Gasteiger charge is -2.25. The summed E-state index contributed by atoms with van der Waals surface area (Å²) >= 11 is 0. The van der Waals surface area contributed by atoms with Crippen molar-refractivity contribution in [2.45, 2.75) is 32.2 Å². The summed E-state index contributed by atoms with van der Waals surface area (Å²) in [5.41, 5.74) is 2.52. The third kappa shape index (κ3) is 2.70. The van der Waals surface area contributed by atoms with E-state index in [2.05, 4.69) is 23.6 Å². The fourth-order valence-corrected chi connectivity index (χ4v) is 2.74. The molecule has 1 aliphatic heterocycles. The fraction of sp³-hybridized carbons (Fsp3) is 0.438. The molecule has 106 valence electrons. The van der Waals surface area contributed by atoms with Gasteiger partial charge in [-0.05, 0) is 50.0 Å². The molecule has 1 aromatic carbocycles. The van der Waals surface area contributed by atoms with Gasteiger partial charge in [0.2, 0.25) is 0 Å². The molecule has 3 rings (SSSR count). The Morgan fingerprint density at radius 3 is 2.85 bits per heavy atom. The zero-order valence-corrected chi connectivity index (χ0v) is 11.7. The molecule has 0 unspecified atom stereocenters. The lowest BCUT2D eigenvalue weighted by Crippen LogP contribution is -2.35. The number of rotatable bonds is 3. The van der Waals surface area contributed by atoms with Crippen molar-refractivity contribution in [1.82, 2.24) is 5.32 Å². The minimum absolute atomic E-state index is 0.293. The minimum atomic E-state index is -0.293. The van der Waals surface area contributed by atoms with E-state index < -0.39 is 0 Å². The highest BCUT2D eigenvalue weighted by Crippen LogP contribution is 2.25. The summed E-state index contributed by atoms with van der Waals surface area (Å²) in [5.74, 6) is 0. The number of hydrogen-bond acceptors (Lipinski definition) is 4. The second-order valence-electron chi connectivity index (χ2n) is 5.33. The van der Waals surface area contributed by atoms with E-state index in [0.29, 0.717) is 11.6 Å². The molecule has 0 atom stereocenters. The summed E-state index contributed by atoms with van der Waals surface area (Å²) in [4.78, 5) is 11.7. The first-order valence-electron chi connectivity index (χ1n) is 7.30. The van der Waals surface area contributed by atoms with Crippen LogP contribution in [-0.2, 0) is 6.42 Å². The standard InChI is InChI=1S/C16H20N2O2/c1-2-11-3-4-15-13(9-11)14(10-16(19)20-15)18-12-5-7-17-8-6-12/h3-4,9-10,12,17-18H,2,5-8H2,1H3. The second-order valence-corrected chi connectivity index (χ2v) is 5.33. The van der Waals surface area contributed by atoms with Crippen LogP contribution in [0.3, 0.4) is 0 Å². The predicted octanol–water partition coefficient (Wildman–Crippen LogP) is 2.52. The Balaban J connectivity index is 2.00. The van der Waals surface area contributed by atoms with Crippen LogP contribution in [0, 0.1) is 0 Å². The SMILES string of the molecule is CCc1ccc2oc(=O)cc(NC3CCNCC3)c2c1. The van der Waals surface area contributed by atoms with Gasteiger partial charge in [0.05, 0.1) is 5.69 Å². The Morgan fingerprint density at radius 1 is 1.30 bits per heavy atom. The summed E-state index contributed by atoms with van der Waals surface area (Å²) in [5, 5.41) is 7.87. The summed E-state index contributed by atoms with van der Waals surface area (Å²) in [6.07, 6.45) is 3.13. The lowest BCUT2D eigenvalue weighted by molar-refractivity contribution is 0.479. The van der Waals surface area contributed by atoms with Crippen LogP contribution in [0.4, 0.5) is 5.69 Å². The van der Waals surface area contributed by atoms with Gasteiger partial charge in [0.25, 0.3) is 0 Å². The number of fused-ring (bicyclic) bond motifs is 1. The van der Waals surface area contributed by atoms with E-state index in [0.717, 1.165) is 43.4 Å². The molecule has 20 heavy (non-hydrogen) atoms. The summed E-state index contributed by atoms with van der Waals surface area (Å²) < 4.78 is 5.28. The molecule has 2 aromatic rings. The van der Waals surface area contributed by atoms with Crippen LogP contribution < -0.4 is 16.3 Å². The topological polar surface area (TPSA) is 54.3 Å². The molecule has 1 aromatic heterocycles. The van der Waals surface area contributed by atoms with Crippen molar-refractivity contribution in [3.05, 3.63) is 40.2 Å². The van der Waals surface area contributed by atoms with E-state index in [4.69, 9.17) is 4.42 Å². The quantitative estimate of drug-likeness (QED) is 0.843. The van der Waals surface area contributed by atoms with Gasteiger partial charge in [0.15, 0.2) is 0 Å². The minimum Gasteiger partial charge on any atom is -0.423 e. The van der Waals surface area contributed by atoms with Crippen LogP contribution >= 0.6 is 0 Å². The van der Waals surface area contributed by atoms with E-state index >= 15 is 0 Å². The highest BCUT2D eigenvalue weighted by Gasteiger charge is 2.15. The largest absolute Gasteiger partial charge is 0.423 e. The van der Waals surface area contributed by atoms with Crippen LogP contribution in [0.1, 0.15) is 25.3 Å². The lowest BCUT2D eigenvalue weighted by atomic mass is 10.0. The molecule has 0 spiro atoms. The molecular formula is C16H20N2O2. The third-order valence-corrected chi connectivity index (χ3v) is 3.91. The number of hydrogen-bond donors (Lipinski definition) is 2. The number of piperidine rings is 1. The second kappa shape index (κ2) is 5.67. The first-order valence-corrected chi connectivity index (χ1v) is 7.30. The number of anilines is 1. The molecule has 1 fully saturated rings. The highest BCUT2D eigenvalue weighted by molar-refractivity contribution is 5.90. The van der Waals surface area contributed by atoms with Gasteiger partial charge < -0.3 is 15.1 Å². The van der Waals surface area contributed by atoms with Crippen molar-refractivity contribution in [1.29, 1.82) is 0 Å². The van der Waals surface area contributed by atoms with Gasteiger partial charge >= 0.3 is 5.63 Å². The van der Waals surface area contributed by atoms with Gasteiger partial charge in [0.1, 0.15) is 5.58 Å². The van der Waals surface area contributed by atoms with E-state index in [1.165, 1.54) is 5.56 Å².